The van der Waals surface area contributed by atoms with Gasteiger partial charge in [0.2, 0.25) is 5.03 Å². The van der Waals surface area contributed by atoms with Gasteiger partial charge in [0.1, 0.15) is 5.54 Å². The van der Waals surface area contributed by atoms with Crippen LogP contribution in [0.1, 0.15) is 20.3 Å². The van der Waals surface area contributed by atoms with Crippen LogP contribution in [-0.4, -0.2) is 30.0 Å². The molecule has 1 atom stereocenters. The number of nitrogens with zero attached hydrogens (tertiary/aromatic N) is 1. The van der Waals surface area contributed by atoms with E-state index in [2.05, 4.69) is 4.98 Å². The third kappa shape index (κ3) is 2.82. The molecule has 0 amide bonds. The zero-order valence-electron chi connectivity index (χ0n) is 9.84. The Bertz CT molecular complexity index is 561. The Hall–Kier alpha value is -1.54. The lowest BCUT2D eigenvalue weighted by molar-refractivity contribution is -0.143. The highest BCUT2D eigenvalue weighted by Crippen LogP contribution is 2.16. The minimum Gasteiger partial charge on any atom is -0.480 e. The first-order valence-electron chi connectivity index (χ1n) is 5.11. The lowest BCUT2D eigenvalue weighted by Crippen LogP contribution is -2.51. The summed E-state index contributed by atoms with van der Waals surface area (Å²) in [4.78, 5) is 14.4. The van der Waals surface area contributed by atoms with Crippen molar-refractivity contribution in [3.63, 3.8) is 0 Å². The molecule has 8 heteroatoms. The van der Waals surface area contributed by atoms with E-state index in [1.165, 1.54) is 19.9 Å². The maximum atomic E-state index is 13.3. The fourth-order valence-electron chi connectivity index (χ4n) is 1.18. The maximum Gasteiger partial charge on any atom is 0.324 e. The van der Waals surface area contributed by atoms with Crippen LogP contribution in [0.15, 0.2) is 23.4 Å². The van der Waals surface area contributed by atoms with Crippen LogP contribution in [0.5, 0.6) is 0 Å². The van der Waals surface area contributed by atoms with Crippen molar-refractivity contribution < 1.29 is 22.7 Å². The molecule has 1 aromatic heterocycles. The van der Waals surface area contributed by atoms with E-state index in [0.717, 1.165) is 12.3 Å². The molecular weight excluding hydrogens is 263 g/mol. The van der Waals surface area contributed by atoms with E-state index >= 15 is 0 Å². The number of halogens is 1. The Morgan fingerprint density at radius 2 is 2.22 bits per heavy atom. The molecule has 0 radical (unpaired) electrons. The van der Waals surface area contributed by atoms with Crippen molar-refractivity contribution >= 4 is 16.0 Å². The molecule has 0 fully saturated rings. The van der Waals surface area contributed by atoms with E-state index < -0.39 is 32.4 Å². The molecule has 0 aliphatic rings. The number of rotatable bonds is 5. The summed E-state index contributed by atoms with van der Waals surface area (Å²) >= 11 is 0. The third-order valence-electron chi connectivity index (χ3n) is 2.52. The standard InChI is InChI=1S/C10H13FN2O4S/c1-3-10(2,9(14)15)13-18(16,17)8-7(11)5-4-6-12-8/h4-6,13H,3H2,1-2H3,(H,14,15). The van der Waals surface area contributed by atoms with Gasteiger partial charge in [0.15, 0.2) is 5.82 Å². The predicted molar refractivity (Wildman–Crippen MR) is 60.8 cm³/mol. The number of hydrogen-bond acceptors (Lipinski definition) is 4. The van der Waals surface area contributed by atoms with Crippen molar-refractivity contribution in [3.8, 4) is 0 Å². The van der Waals surface area contributed by atoms with E-state index in [-0.39, 0.29) is 6.42 Å². The van der Waals surface area contributed by atoms with E-state index in [1.807, 2.05) is 4.72 Å². The van der Waals surface area contributed by atoms with Gasteiger partial charge in [-0.05, 0) is 25.5 Å². The molecule has 0 aromatic carbocycles. The molecule has 1 unspecified atom stereocenters. The van der Waals surface area contributed by atoms with Gasteiger partial charge < -0.3 is 5.11 Å². The number of hydrogen-bond donors (Lipinski definition) is 2. The molecule has 0 saturated carbocycles. The van der Waals surface area contributed by atoms with Gasteiger partial charge in [0.25, 0.3) is 10.0 Å². The average Bonchev–Trinajstić information content (AvgIpc) is 2.28. The van der Waals surface area contributed by atoms with E-state index in [1.54, 1.807) is 0 Å². The molecule has 0 spiro atoms. The van der Waals surface area contributed by atoms with Crippen LogP contribution in [0, 0.1) is 5.82 Å². The summed E-state index contributed by atoms with van der Waals surface area (Å²) in [6.45, 7) is 2.71. The first kappa shape index (κ1) is 14.5. The second kappa shape index (κ2) is 4.99. The first-order valence-corrected chi connectivity index (χ1v) is 6.59. The zero-order chi connectivity index (χ0) is 14.0. The number of nitrogens with one attached hydrogen (secondary N) is 1. The molecule has 0 saturated heterocycles. The fraction of sp³-hybridized carbons (Fsp3) is 0.400. The molecular formula is C10H13FN2O4S. The van der Waals surface area contributed by atoms with Crippen LogP contribution in [0.25, 0.3) is 0 Å². The van der Waals surface area contributed by atoms with Crippen LogP contribution < -0.4 is 4.72 Å². The summed E-state index contributed by atoms with van der Waals surface area (Å²) in [6.07, 6.45) is 1.12. The molecule has 1 aromatic rings. The van der Waals surface area contributed by atoms with E-state index in [4.69, 9.17) is 5.11 Å². The normalized spacial score (nSPS) is 15.1. The van der Waals surface area contributed by atoms with Gasteiger partial charge in [-0.2, -0.15) is 4.72 Å². The van der Waals surface area contributed by atoms with Gasteiger partial charge in [-0.25, -0.2) is 17.8 Å². The Morgan fingerprint density at radius 3 is 2.67 bits per heavy atom. The summed E-state index contributed by atoms with van der Waals surface area (Å²) in [5.41, 5.74) is -1.71. The van der Waals surface area contributed by atoms with Gasteiger partial charge in [0.05, 0.1) is 0 Å². The van der Waals surface area contributed by atoms with Crippen LogP contribution >= 0.6 is 0 Å². The summed E-state index contributed by atoms with van der Waals surface area (Å²) in [7, 11) is -4.32. The van der Waals surface area contributed by atoms with Crippen molar-refractivity contribution in [2.45, 2.75) is 30.8 Å². The van der Waals surface area contributed by atoms with Gasteiger partial charge in [0, 0.05) is 6.20 Å². The lowest BCUT2D eigenvalue weighted by Gasteiger charge is -2.23. The van der Waals surface area contributed by atoms with Crippen LogP contribution in [-0.2, 0) is 14.8 Å². The molecule has 0 aliphatic carbocycles. The Kier molecular flexibility index (Phi) is 4.02. The molecule has 1 heterocycles. The number of pyridine rings is 1. The van der Waals surface area contributed by atoms with Crippen molar-refractivity contribution in [1.29, 1.82) is 0 Å². The molecule has 18 heavy (non-hydrogen) atoms. The molecule has 1 rings (SSSR count). The zero-order valence-corrected chi connectivity index (χ0v) is 10.7. The molecule has 2 N–H and O–H groups in total. The maximum absolute atomic E-state index is 13.3. The first-order chi connectivity index (χ1) is 8.23. The van der Waals surface area contributed by atoms with Gasteiger partial charge in [-0.1, -0.05) is 6.92 Å². The number of aromatic nitrogens is 1. The van der Waals surface area contributed by atoms with E-state index in [0.29, 0.717) is 0 Å². The highest BCUT2D eigenvalue weighted by atomic mass is 32.2. The molecule has 0 aliphatic heterocycles. The topological polar surface area (TPSA) is 96.4 Å². The van der Waals surface area contributed by atoms with Gasteiger partial charge in [-0.3, -0.25) is 4.79 Å². The Labute approximate surface area is 104 Å². The molecule has 6 nitrogen and oxygen atoms in total. The van der Waals surface area contributed by atoms with Crippen LogP contribution in [0.3, 0.4) is 0 Å². The lowest BCUT2D eigenvalue weighted by atomic mass is 10.0. The quantitative estimate of drug-likeness (QED) is 0.827. The summed E-state index contributed by atoms with van der Waals surface area (Å²) in [5, 5.41) is 8.16. The largest absolute Gasteiger partial charge is 0.480 e. The second-order valence-corrected chi connectivity index (χ2v) is 5.48. The summed E-state index contributed by atoms with van der Waals surface area (Å²) < 4.78 is 39.0. The SMILES string of the molecule is CCC(C)(NS(=O)(=O)c1ncccc1F)C(=O)O. The van der Waals surface area contributed by atoms with Crippen LogP contribution in [0.2, 0.25) is 0 Å². The smallest absolute Gasteiger partial charge is 0.324 e. The van der Waals surface area contributed by atoms with Gasteiger partial charge >= 0.3 is 5.97 Å². The number of carboxylic acids is 1. The highest BCUT2D eigenvalue weighted by molar-refractivity contribution is 7.89. The molecule has 100 valence electrons. The summed E-state index contributed by atoms with van der Waals surface area (Å²) in [5.74, 6) is -2.38. The van der Waals surface area contributed by atoms with Gasteiger partial charge in [-0.15, -0.1) is 0 Å². The minimum atomic E-state index is -4.32. The van der Waals surface area contributed by atoms with Crippen molar-refractivity contribution in [2.24, 2.45) is 0 Å². The number of sulfonamides is 1. The fourth-order valence-corrected chi connectivity index (χ4v) is 2.63. The number of aliphatic carboxylic acids is 1. The Balaban J connectivity index is 3.18. The monoisotopic (exact) mass is 276 g/mol. The molecule has 0 bridgehead atoms. The number of carbonyl (C=O) groups is 1. The highest BCUT2D eigenvalue weighted by Gasteiger charge is 2.37. The van der Waals surface area contributed by atoms with Crippen molar-refractivity contribution in [3.05, 3.63) is 24.1 Å². The number of carboxylic acid groups (broad SMARTS) is 1. The van der Waals surface area contributed by atoms with Crippen LogP contribution in [0.4, 0.5) is 4.39 Å². The minimum absolute atomic E-state index is 0.00994. The second-order valence-electron chi connectivity index (χ2n) is 3.89. The Morgan fingerprint density at radius 1 is 1.61 bits per heavy atom. The van der Waals surface area contributed by atoms with Crippen molar-refractivity contribution in [1.82, 2.24) is 9.71 Å². The van der Waals surface area contributed by atoms with Crippen molar-refractivity contribution in [2.75, 3.05) is 0 Å². The predicted octanol–water partition coefficient (Wildman–Crippen LogP) is 0.752. The van der Waals surface area contributed by atoms with E-state index in [9.17, 15) is 17.6 Å². The third-order valence-corrected chi connectivity index (χ3v) is 4.05. The summed E-state index contributed by atoms with van der Waals surface area (Å²) in [6, 6.07) is 2.18. The average molecular weight is 276 g/mol.